The number of amides is 1. The molecule has 1 amide bonds. The molecular formula is C20H19BrN4O2. The fourth-order valence-electron chi connectivity index (χ4n) is 3.38. The Morgan fingerprint density at radius 3 is 2.81 bits per heavy atom. The molecule has 0 radical (unpaired) electrons. The van der Waals surface area contributed by atoms with Gasteiger partial charge in [-0.25, -0.2) is 0 Å². The fourth-order valence-corrected chi connectivity index (χ4v) is 3.74. The quantitative estimate of drug-likeness (QED) is 0.609. The molecule has 1 aliphatic rings. The third kappa shape index (κ3) is 3.93. The second-order valence-corrected chi connectivity index (χ2v) is 7.49. The SMILES string of the molecule is O=C(c1cncc(Br)c1)N1CCCCCC1c1nc(-c2ccccc2)no1. The fraction of sp³-hybridized carbons (Fsp3) is 0.300. The number of halogens is 1. The Hall–Kier alpha value is -2.54. The monoisotopic (exact) mass is 426 g/mol. The third-order valence-electron chi connectivity index (χ3n) is 4.72. The van der Waals surface area contributed by atoms with Crippen molar-refractivity contribution >= 4 is 21.8 Å². The highest BCUT2D eigenvalue weighted by molar-refractivity contribution is 9.10. The molecule has 2 aromatic heterocycles. The molecule has 1 aromatic carbocycles. The summed E-state index contributed by atoms with van der Waals surface area (Å²) in [5, 5.41) is 4.13. The summed E-state index contributed by atoms with van der Waals surface area (Å²) < 4.78 is 6.36. The first-order valence-electron chi connectivity index (χ1n) is 9.03. The smallest absolute Gasteiger partial charge is 0.256 e. The summed E-state index contributed by atoms with van der Waals surface area (Å²) >= 11 is 3.39. The van der Waals surface area contributed by atoms with E-state index in [1.165, 1.54) is 0 Å². The second kappa shape index (κ2) is 8.00. The maximum absolute atomic E-state index is 13.1. The van der Waals surface area contributed by atoms with E-state index in [9.17, 15) is 4.79 Å². The van der Waals surface area contributed by atoms with Crippen LogP contribution < -0.4 is 0 Å². The number of rotatable bonds is 3. The van der Waals surface area contributed by atoms with Crippen molar-refractivity contribution in [2.75, 3.05) is 6.54 Å². The van der Waals surface area contributed by atoms with Crippen LogP contribution in [-0.4, -0.2) is 32.5 Å². The van der Waals surface area contributed by atoms with Crippen molar-refractivity contribution < 1.29 is 9.32 Å². The van der Waals surface area contributed by atoms with Crippen LogP contribution in [0, 0.1) is 0 Å². The minimum atomic E-state index is -0.219. The molecule has 0 N–H and O–H groups in total. The average molecular weight is 427 g/mol. The number of carbonyl (C=O) groups excluding carboxylic acids is 1. The zero-order valence-electron chi connectivity index (χ0n) is 14.7. The van der Waals surface area contributed by atoms with E-state index in [4.69, 9.17) is 4.52 Å². The van der Waals surface area contributed by atoms with Crippen molar-refractivity contribution in [3.63, 3.8) is 0 Å². The lowest BCUT2D eigenvalue weighted by Crippen LogP contribution is -2.35. The molecule has 7 heteroatoms. The Bertz CT molecular complexity index is 928. The van der Waals surface area contributed by atoms with E-state index in [2.05, 4.69) is 31.1 Å². The highest BCUT2D eigenvalue weighted by Gasteiger charge is 2.32. The first kappa shape index (κ1) is 17.9. The summed E-state index contributed by atoms with van der Waals surface area (Å²) in [5.41, 5.74) is 1.45. The van der Waals surface area contributed by atoms with Crippen molar-refractivity contribution in [2.45, 2.75) is 31.7 Å². The Kier molecular flexibility index (Phi) is 5.29. The van der Waals surface area contributed by atoms with Crippen LogP contribution >= 0.6 is 15.9 Å². The molecule has 0 saturated carbocycles. The first-order valence-corrected chi connectivity index (χ1v) is 9.82. The number of carbonyl (C=O) groups is 1. The van der Waals surface area contributed by atoms with E-state index in [0.717, 1.165) is 35.7 Å². The predicted octanol–water partition coefficient (Wildman–Crippen LogP) is 4.65. The summed E-state index contributed by atoms with van der Waals surface area (Å²) in [6.07, 6.45) is 7.14. The lowest BCUT2D eigenvalue weighted by molar-refractivity contribution is 0.0644. The molecule has 1 atom stereocenters. The number of hydrogen-bond donors (Lipinski definition) is 0. The van der Waals surface area contributed by atoms with Gasteiger partial charge in [0.2, 0.25) is 11.7 Å². The van der Waals surface area contributed by atoms with Crippen LogP contribution in [0.4, 0.5) is 0 Å². The van der Waals surface area contributed by atoms with E-state index >= 15 is 0 Å². The zero-order chi connectivity index (χ0) is 18.6. The maximum atomic E-state index is 13.1. The van der Waals surface area contributed by atoms with Crippen molar-refractivity contribution in [3.8, 4) is 11.4 Å². The molecule has 6 nitrogen and oxygen atoms in total. The van der Waals surface area contributed by atoms with Gasteiger partial charge in [0.1, 0.15) is 6.04 Å². The van der Waals surface area contributed by atoms with Gasteiger partial charge >= 0.3 is 0 Å². The van der Waals surface area contributed by atoms with E-state index in [-0.39, 0.29) is 11.9 Å². The molecule has 1 aliphatic heterocycles. The minimum Gasteiger partial charge on any atom is -0.337 e. The Morgan fingerprint density at radius 1 is 1.15 bits per heavy atom. The number of benzene rings is 1. The van der Waals surface area contributed by atoms with Gasteiger partial charge in [-0.15, -0.1) is 0 Å². The van der Waals surface area contributed by atoms with Gasteiger partial charge in [-0.05, 0) is 34.8 Å². The molecule has 4 rings (SSSR count). The number of hydrogen-bond acceptors (Lipinski definition) is 5. The van der Waals surface area contributed by atoms with Gasteiger partial charge in [-0.3, -0.25) is 9.78 Å². The molecule has 0 bridgehead atoms. The first-order chi connectivity index (χ1) is 13.2. The van der Waals surface area contributed by atoms with Gasteiger partial charge in [-0.2, -0.15) is 4.98 Å². The molecule has 0 spiro atoms. The normalized spacial score (nSPS) is 17.5. The van der Waals surface area contributed by atoms with Crippen LogP contribution in [0.5, 0.6) is 0 Å². The van der Waals surface area contributed by atoms with Gasteiger partial charge < -0.3 is 9.42 Å². The van der Waals surface area contributed by atoms with Crippen molar-refractivity contribution in [3.05, 3.63) is 64.7 Å². The van der Waals surface area contributed by atoms with E-state index in [1.54, 1.807) is 18.5 Å². The lowest BCUT2D eigenvalue weighted by Gasteiger charge is -2.27. The number of nitrogens with zero attached hydrogens (tertiary/aromatic N) is 4. The number of pyridine rings is 1. The summed E-state index contributed by atoms with van der Waals surface area (Å²) in [6, 6.07) is 11.3. The molecule has 27 heavy (non-hydrogen) atoms. The van der Waals surface area contributed by atoms with Gasteiger partial charge in [0.05, 0.1) is 5.56 Å². The minimum absolute atomic E-state index is 0.0600. The highest BCUT2D eigenvalue weighted by atomic mass is 79.9. The van der Waals surface area contributed by atoms with Crippen molar-refractivity contribution in [1.82, 2.24) is 20.0 Å². The Morgan fingerprint density at radius 2 is 2.00 bits per heavy atom. The number of likely N-dealkylation sites (tertiary alicyclic amines) is 1. The van der Waals surface area contributed by atoms with Crippen molar-refractivity contribution in [1.29, 1.82) is 0 Å². The summed E-state index contributed by atoms with van der Waals surface area (Å²) in [6.45, 7) is 0.666. The topological polar surface area (TPSA) is 72.1 Å². The molecule has 1 saturated heterocycles. The molecule has 1 unspecified atom stereocenters. The summed E-state index contributed by atoms with van der Waals surface area (Å²) in [5.74, 6) is 0.980. The van der Waals surface area contributed by atoms with E-state index in [0.29, 0.717) is 23.8 Å². The van der Waals surface area contributed by atoms with E-state index in [1.807, 2.05) is 35.2 Å². The Balaban J connectivity index is 1.64. The molecule has 3 heterocycles. The van der Waals surface area contributed by atoms with Crippen LogP contribution in [-0.2, 0) is 0 Å². The van der Waals surface area contributed by atoms with Crippen LogP contribution in [0.15, 0.2) is 57.8 Å². The van der Waals surface area contributed by atoms with Crippen LogP contribution in [0.3, 0.4) is 0 Å². The van der Waals surface area contributed by atoms with Gasteiger partial charge in [0.15, 0.2) is 0 Å². The zero-order valence-corrected chi connectivity index (χ0v) is 16.3. The van der Waals surface area contributed by atoms with E-state index < -0.39 is 0 Å². The van der Waals surface area contributed by atoms with Gasteiger partial charge in [-0.1, -0.05) is 48.3 Å². The van der Waals surface area contributed by atoms with Crippen LogP contribution in [0.25, 0.3) is 11.4 Å². The highest BCUT2D eigenvalue weighted by Crippen LogP contribution is 2.31. The third-order valence-corrected chi connectivity index (χ3v) is 5.16. The molecule has 0 aliphatic carbocycles. The largest absolute Gasteiger partial charge is 0.337 e. The molecule has 138 valence electrons. The second-order valence-electron chi connectivity index (χ2n) is 6.58. The predicted molar refractivity (Wildman–Crippen MR) is 104 cm³/mol. The number of aromatic nitrogens is 3. The Labute approximate surface area is 165 Å². The summed E-state index contributed by atoms with van der Waals surface area (Å²) in [4.78, 5) is 23.7. The van der Waals surface area contributed by atoms with Gasteiger partial charge in [0, 0.05) is 29.0 Å². The van der Waals surface area contributed by atoms with Crippen molar-refractivity contribution in [2.24, 2.45) is 0 Å². The lowest BCUT2D eigenvalue weighted by atomic mass is 10.1. The maximum Gasteiger partial charge on any atom is 0.256 e. The van der Waals surface area contributed by atoms with Crippen LogP contribution in [0.1, 0.15) is 48.0 Å². The average Bonchev–Trinajstić information content (AvgIpc) is 3.06. The standard InChI is InChI=1S/C20H19BrN4O2/c21-16-11-15(12-22-13-16)20(26)25-10-6-2-5-9-17(25)19-23-18(24-27-19)14-7-3-1-4-8-14/h1,3-4,7-8,11-13,17H,2,5-6,9-10H2. The molecular weight excluding hydrogens is 408 g/mol. The summed E-state index contributed by atoms with van der Waals surface area (Å²) in [7, 11) is 0. The molecule has 3 aromatic rings. The molecule has 1 fully saturated rings. The van der Waals surface area contributed by atoms with Crippen LogP contribution in [0.2, 0.25) is 0 Å². The van der Waals surface area contributed by atoms with Gasteiger partial charge in [0.25, 0.3) is 5.91 Å².